The molecule has 0 aromatic rings. The molecule has 0 aromatic heterocycles. The lowest BCUT2D eigenvalue weighted by atomic mass is 10.3. The number of carbonyl (C=O) groups excluding carboxylic acids is 1. The molecule has 6 heteroatoms. The Morgan fingerprint density at radius 2 is 2.07 bits per heavy atom. The van der Waals surface area contributed by atoms with Gasteiger partial charge in [0, 0.05) is 26.6 Å². The molecule has 0 fully saturated rings. The number of amides is 1. The zero-order valence-electron chi connectivity index (χ0n) is 9.08. The molecule has 0 radical (unpaired) electrons. The maximum absolute atomic E-state index is 11.1. The fourth-order valence-corrected chi connectivity index (χ4v) is 0.870. The summed E-state index contributed by atoms with van der Waals surface area (Å²) in [7, 11) is 1.56. The van der Waals surface area contributed by atoms with Gasteiger partial charge in [-0.15, -0.1) is 0 Å². The van der Waals surface area contributed by atoms with Crippen molar-refractivity contribution in [3.8, 4) is 0 Å². The average molecular weight is 218 g/mol. The smallest absolute Gasteiger partial charge is 0.320 e. The summed E-state index contributed by atoms with van der Waals surface area (Å²) >= 11 is 0. The SMILES string of the molecule is COCCNC(=O)CCNC(C)C(=O)O. The molecule has 0 aliphatic rings. The van der Waals surface area contributed by atoms with E-state index >= 15 is 0 Å². The number of hydrogen-bond acceptors (Lipinski definition) is 4. The van der Waals surface area contributed by atoms with E-state index in [4.69, 9.17) is 9.84 Å². The van der Waals surface area contributed by atoms with Crippen molar-refractivity contribution in [1.29, 1.82) is 0 Å². The second kappa shape index (κ2) is 8.19. The second-order valence-electron chi connectivity index (χ2n) is 3.11. The number of aliphatic carboxylic acids is 1. The number of rotatable bonds is 8. The number of carboxylic acid groups (broad SMARTS) is 1. The van der Waals surface area contributed by atoms with Crippen LogP contribution in [-0.2, 0) is 14.3 Å². The minimum atomic E-state index is -0.921. The molecule has 0 saturated carbocycles. The van der Waals surface area contributed by atoms with Gasteiger partial charge >= 0.3 is 5.97 Å². The van der Waals surface area contributed by atoms with E-state index in [9.17, 15) is 9.59 Å². The van der Waals surface area contributed by atoms with E-state index in [1.165, 1.54) is 6.92 Å². The zero-order chi connectivity index (χ0) is 11.7. The van der Waals surface area contributed by atoms with Crippen LogP contribution in [0.2, 0.25) is 0 Å². The summed E-state index contributed by atoms with van der Waals surface area (Å²) in [6.45, 7) is 2.84. The molecule has 0 bridgehead atoms. The first-order valence-corrected chi connectivity index (χ1v) is 4.79. The van der Waals surface area contributed by atoms with Gasteiger partial charge in [-0.25, -0.2) is 0 Å². The highest BCUT2D eigenvalue weighted by Crippen LogP contribution is 1.83. The van der Waals surface area contributed by atoms with Gasteiger partial charge in [0.2, 0.25) is 5.91 Å². The summed E-state index contributed by atoms with van der Waals surface area (Å²) in [4.78, 5) is 21.5. The number of methoxy groups -OCH3 is 1. The Hall–Kier alpha value is -1.14. The molecule has 88 valence electrons. The predicted octanol–water partition coefficient (Wildman–Crippen LogP) is -0.798. The maximum atomic E-state index is 11.1. The molecule has 1 unspecified atom stereocenters. The Bertz CT molecular complexity index is 208. The molecule has 6 nitrogen and oxygen atoms in total. The van der Waals surface area contributed by atoms with Gasteiger partial charge in [-0.1, -0.05) is 0 Å². The van der Waals surface area contributed by atoms with Crippen LogP contribution in [0.5, 0.6) is 0 Å². The van der Waals surface area contributed by atoms with Crippen LogP contribution in [0.3, 0.4) is 0 Å². The van der Waals surface area contributed by atoms with Crippen LogP contribution in [0.1, 0.15) is 13.3 Å². The van der Waals surface area contributed by atoms with Crippen LogP contribution in [0, 0.1) is 0 Å². The van der Waals surface area contributed by atoms with Gasteiger partial charge < -0.3 is 20.5 Å². The molecule has 0 aliphatic heterocycles. The highest BCUT2D eigenvalue weighted by molar-refractivity contribution is 5.76. The van der Waals surface area contributed by atoms with Crippen LogP contribution in [-0.4, -0.2) is 49.8 Å². The molecule has 0 saturated heterocycles. The first kappa shape index (κ1) is 13.9. The molecule has 15 heavy (non-hydrogen) atoms. The fraction of sp³-hybridized carbons (Fsp3) is 0.778. The van der Waals surface area contributed by atoms with Crippen molar-refractivity contribution in [3.05, 3.63) is 0 Å². The third-order valence-corrected chi connectivity index (χ3v) is 1.80. The van der Waals surface area contributed by atoms with E-state index in [-0.39, 0.29) is 12.3 Å². The van der Waals surface area contributed by atoms with Crippen molar-refractivity contribution < 1.29 is 19.4 Å². The third-order valence-electron chi connectivity index (χ3n) is 1.80. The topological polar surface area (TPSA) is 87.7 Å². The number of carbonyl (C=O) groups is 2. The van der Waals surface area contributed by atoms with Gasteiger partial charge in [0.25, 0.3) is 0 Å². The Balaban J connectivity index is 3.42. The van der Waals surface area contributed by atoms with Gasteiger partial charge in [0.05, 0.1) is 6.61 Å². The largest absolute Gasteiger partial charge is 0.480 e. The van der Waals surface area contributed by atoms with Crippen LogP contribution < -0.4 is 10.6 Å². The molecular weight excluding hydrogens is 200 g/mol. The highest BCUT2D eigenvalue weighted by atomic mass is 16.5. The van der Waals surface area contributed by atoms with Crippen LogP contribution in [0.4, 0.5) is 0 Å². The Kier molecular flexibility index (Phi) is 7.57. The number of nitrogens with one attached hydrogen (secondary N) is 2. The van der Waals surface area contributed by atoms with Crippen molar-refractivity contribution in [2.75, 3.05) is 26.8 Å². The van der Waals surface area contributed by atoms with Gasteiger partial charge in [-0.3, -0.25) is 9.59 Å². The molecule has 1 atom stereocenters. The molecule has 0 aliphatic carbocycles. The lowest BCUT2D eigenvalue weighted by Gasteiger charge is -2.08. The molecule has 1 amide bonds. The van der Waals surface area contributed by atoms with Gasteiger partial charge in [-0.2, -0.15) is 0 Å². The van der Waals surface area contributed by atoms with Crippen molar-refractivity contribution in [2.45, 2.75) is 19.4 Å². The molecule has 0 aromatic carbocycles. The lowest BCUT2D eigenvalue weighted by Crippen LogP contribution is -2.37. The zero-order valence-corrected chi connectivity index (χ0v) is 9.08. The number of carboxylic acids is 1. The maximum Gasteiger partial charge on any atom is 0.320 e. The van der Waals surface area contributed by atoms with Crippen molar-refractivity contribution in [2.24, 2.45) is 0 Å². The summed E-state index contributed by atoms with van der Waals surface area (Å²) in [5.41, 5.74) is 0. The van der Waals surface area contributed by atoms with Crippen LogP contribution in [0.25, 0.3) is 0 Å². The van der Waals surface area contributed by atoms with Gasteiger partial charge in [0.15, 0.2) is 0 Å². The number of hydrogen-bond donors (Lipinski definition) is 3. The molecule has 0 spiro atoms. The lowest BCUT2D eigenvalue weighted by molar-refractivity contribution is -0.139. The molecule has 3 N–H and O–H groups in total. The third kappa shape index (κ3) is 7.90. The number of ether oxygens (including phenoxy) is 1. The molecule has 0 rings (SSSR count). The highest BCUT2D eigenvalue weighted by Gasteiger charge is 2.09. The monoisotopic (exact) mass is 218 g/mol. The predicted molar refractivity (Wildman–Crippen MR) is 54.6 cm³/mol. The van der Waals surface area contributed by atoms with Crippen LogP contribution >= 0.6 is 0 Å². The Labute approximate surface area is 89.0 Å². The van der Waals surface area contributed by atoms with E-state index in [1.807, 2.05) is 0 Å². The molecule has 0 heterocycles. The first-order valence-electron chi connectivity index (χ1n) is 4.79. The summed E-state index contributed by atoms with van der Waals surface area (Å²) < 4.78 is 4.76. The summed E-state index contributed by atoms with van der Waals surface area (Å²) in [5.74, 6) is -1.04. The average Bonchev–Trinajstić information content (AvgIpc) is 2.18. The normalized spacial score (nSPS) is 12.1. The van der Waals surface area contributed by atoms with Crippen molar-refractivity contribution in [1.82, 2.24) is 10.6 Å². The first-order chi connectivity index (χ1) is 7.07. The quantitative estimate of drug-likeness (QED) is 0.464. The van der Waals surface area contributed by atoms with E-state index in [0.717, 1.165) is 0 Å². The standard InChI is InChI=1S/C9H18N2O4/c1-7(9(13)14)10-4-3-8(12)11-5-6-15-2/h7,10H,3-6H2,1-2H3,(H,11,12)(H,13,14). The Morgan fingerprint density at radius 1 is 1.40 bits per heavy atom. The minimum Gasteiger partial charge on any atom is -0.480 e. The van der Waals surface area contributed by atoms with Gasteiger partial charge in [-0.05, 0) is 6.92 Å². The van der Waals surface area contributed by atoms with Gasteiger partial charge in [0.1, 0.15) is 6.04 Å². The summed E-state index contributed by atoms with van der Waals surface area (Å²) in [6.07, 6.45) is 0.265. The van der Waals surface area contributed by atoms with E-state index in [2.05, 4.69) is 10.6 Å². The fourth-order valence-electron chi connectivity index (χ4n) is 0.870. The minimum absolute atomic E-state index is 0.114. The van der Waals surface area contributed by atoms with Crippen molar-refractivity contribution >= 4 is 11.9 Å². The molecular formula is C9H18N2O4. The van der Waals surface area contributed by atoms with E-state index in [1.54, 1.807) is 7.11 Å². The Morgan fingerprint density at radius 3 is 2.60 bits per heavy atom. The van der Waals surface area contributed by atoms with Crippen LogP contribution in [0.15, 0.2) is 0 Å². The van der Waals surface area contributed by atoms with Crippen molar-refractivity contribution in [3.63, 3.8) is 0 Å². The second-order valence-corrected chi connectivity index (χ2v) is 3.11. The summed E-state index contributed by atoms with van der Waals surface area (Å²) in [5, 5.41) is 13.9. The van der Waals surface area contributed by atoms with E-state index in [0.29, 0.717) is 19.7 Å². The van der Waals surface area contributed by atoms with E-state index < -0.39 is 12.0 Å². The summed E-state index contributed by atoms with van der Waals surface area (Å²) in [6, 6.07) is -0.628.